The average Bonchev–Trinajstić information content (AvgIpc) is 3.68. The summed E-state index contributed by atoms with van der Waals surface area (Å²) >= 11 is 2.35. The number of hydrogen-bond donors (Lipinski definition) is 5. The number of carbonyl (C=O) groups excluding carboxylic acids is 3. The highest BCUT2D eigenvalue weighted by Gasteiger charge is 2.54. The fourth-order valence-electron chi connectivity index (χ4n) is 4.48. The molecule has 1 aromatic rings. The number of amides is 3. The van der Waals surface area contributed by atoms with E-state index < -0.39 is 47.1 Å². The molecule has 4 aliphatic rings. The van der Waals surface area contributed by atoms with E-state index in [4.69, 9.17) is 15.6 Å². The van der Waals surface area contributed by atoms with Crippen molar-refractivity contribution in [2.45, 2.75) is 49.3 Å². The van der Waals surface area contributed by atoms with E-state index in [9.17, 15) is 42.7 Å². The summed E-state index contributed by atoms with van der Waals surface area (Å²) in [7, 11) is 0. The zero-order chi connectivity index (χ0) is 30.9. The quantitative estimate of drug-likeness (QED) is 0.0980. The standard InChI is InChI=1S/C21H22N6O6S2.C2HF3O2/c22-21-23-12(8-35-21)13(25-33)16(28)24-14-18(30)27-15(20(31)32)10(7-34-19(14)27)6-9-2-1-5-26(17(9)29)11-3-4-11;3-2(4,5)1(6)7/h6,8,11,14,19,33H,1-5,7H2,(H2,22,23)(H,24,28)(H,31,32);(H,6,7)/b9-6+,25-13-;/t14-,19-;/m1./s1. The molecular formula is C23H23F3N6O8S2. The van der Waals surface area contributed by atoms with Crippen LogP contribution in [0, 0.1) is 0 Å². The number of hydrogen-bond acceptors (Lipinski definition) is 11. The summed E-state index contributed by atoms with van der Waals surface area (Å²) < 4.78 is 31.7. The number of halogens is 3. The number of carboxylic acid groups (broad SMARTS) is 2. The van der Waals surface area contributed by atoms with E-state index in [-0.39, 0.29) is 34.2 Å². The number of piperidine rings is 1. The molecule has 1 saturated carbocycles. The number of likely N-dealkylation sites (tertiary alicyclic amines) is 1. The Balaban J connectivity index is 0.000000517. The number of aliphatic carboxylic acids is 2. The number of fused-ring (bicyclic) bond motifs is 1. The summed E-state index contributed by atoms with van der Waals surface area (Å²) in [6.45, 7) is 0.709. The first-order valence-corrected chi connectivity index (χ1v) is 14.1. The molecule has 42 heavy (non-hydrogen) atoms. The minimum absolute atomic E-state index is 0.0600. The zero-order valence-electron chi connectivity index (χ0n) is 21.3. The third-order valence-corrected chi connectivity index (χ3v) is 8.50. The van der Waals surface area contributed by atoms with Gasteiger partial charge in [-0.2, -0.15) is 13.2 Å². The van der Waals surface area contributed by atoms with Gasteiger partial charge in [-0.15, -0.1) is 23.1 Å². The van der Waals surface area contributed by atoms with Gasteiger partial charge in [0.1, 0.15) is 22.8 Å². The number of nitrogens with one attached hydrogen (secondary N) is 1. The minimum Gasteiger partial charge on any atom is -0.477 e. The molecule has 2 atom stereocenters. The van der Waals surface area contributed by atoms with Gasteiger partial charge in [0.25, 0.3) is 11.8 Å². The number of nitrogen functional groups attached to an aromatic ring is 1. The van der Waals surface area contributed by atoms with Crippen LogP contribution in [0.1, 0.15) is 31.4 Å². The molecule has 3 aliphatic heterocycles. The highest BCUT2D eigenvalue weighted by molar-refractivity contribution is 8.00. The molecular weight excluding hydrogens is 609 g/mol. The molecule has 19 heteroatoms. The number of carbonyl (C=O) groups is 5. The van der Waals surface area contributed by atoms with Crippen LogP contribution >= 0.6 is 23.1 Å². The van der Waals surface area contributed by atoms with Crippen molar-refractivity contribution in [3.8, 4) is 0 Å². The van der Waals surface area contributed by atoms with Gasteiger partial charge < -0.3 is 31.4 Å². The first-order valence-electron chi connectivity index (χ1n) is 12.2. The second-order valence-electron chi connectivity index (χ2n) is 9.37. The maximum absolute atomic E-state index is 12.9. The van der Waals surface area contributed by atoms with E-state index >= 15 is 0 Å². The van der Waals surface area contributed by atoms with Crippen molar-refractivity contribution in [1.29, 1.82) is 0 Å². The Labute approximate surface area is 242 Å². The van der Waals surface area contributed by atoms with Crippen LogP contribution < -0.4 is 11.1 Å². The SMILES string of the molecule is Nc1nc(/C(=N/O)C(=O)N[C@@H]2C(=O)N3C(C(=O)O)=C(/C=C4\CCCN(C5CC5)C4=O)CS[C@H]23)cs1.O=C(O)C(F)(F)F. The van der Waals surface area contributed by atoms with Gasteiger partial charge in [0.05, 0.1) is 0 Å². The van der Waals surface area contributed by atoms with Crippen LogP contribution in [-0.2, 0) is 24.0 Å². The predicted octanol–water partition coefficient (Wildman–Crippen LogP) is 0.987. The number of carboxylic acids is 2. The Bertz CT molecular complexity index is 1420. The van der Waals surface area contributed by atoms with Crippen LogP contribution in [-0.4, -0.2) is 102 Å². The molecule has 4 heterocycles. The molecule has 0 radical (unpaired) electrons. The monoisotopic (exact) mass is 632 g/mol. The molecule has 6 N–H and O–H groups in total. The van der Waals surface area contributed by atoms with E-state index in [1.807, 2.05) is 4.90 Å². The van der Waals surface area contributed by atoms with Crippen LogP contribution in [0.25, 0.3) is 0 Å². The summed E-state index contributed by atoms with van der Waals surface area (Å²) in [4.78, 5) is 66.4. The van der Waals surface area contributed by atoms with E-state index in [1.54, 1.807) is 6.08 Å². The number of thioether (sulfide) groups is 1. The van der Waals surface area contributed by atoms with Crippen LogP contribution in [0.4, 0.5) is 18.3 Å². The van der Waals surface area contributed by atoms with E-state index in [2.05, 4.69) is 15.5 Å². The number of rotatable bonds is 6. The summed E-state index contributed by atoms with van der Waals surface area (Å²) in [6.07, 6.45) is -0.105. The molecule has 3 fully saturated rings. The normalized spacial score (nSPS) is 23.6. The second-order valence-corrected chi connectivity index (χ2v) is 11.4. The number of oxime groups is 1. The van der Waals surface area contributed by atoms with Crippen molar-refractivity contribution in [3.63, 3.8) is 0 Å². The lowest BCUT2D eigenvalue weighted by atomic mass is 9.98. The fraction of sp³-hybridized carbons (Fsp3) is 0.435. The number of allylic oxidation sites excluding steroid dienone is 1. The lowest BCUT2D eigenvalue weighted by Gasteiger charge is -2.49. The number of alkyl halides is 3. The molecule has 226 valence electrons. The number of thiazole rings is 1. The molecule has 0 aromatic carbocycles. The highest BCUT2D eigenvalue weighted by atomic mass is 32.2. The van der Waals surface area contributed by atoms with Gasteiger partial charge in [0, 0.05) is 29.3 Å². The van der Waals surface area contributed by atoms with Crippen LogP contribution in [0.3, 0.4) is 0 Å². The topological polar surface area (TPSA) is 216 Å². The molecule has 3 amide bonds. The molecule has 14 nitrogen and oxygen atoms in total. The summed E-state index contributed by atoms with van der Waals surface area (Å²) in [5.74, 6) is -5.29. The van der Waals surface area contributed by atoms with Crippen LogP contribution in [0.15, 0.2) is 33.5 Å². The molecule has 2 saturated heterocycles. The van der Waals surface area contributed by atoms with Gasteiger partial charge in [0.15, 0.2) is 10.8 Å². The molecule has 1 aliphatic carbocycles. The minimum atomic E-state index is -5.08. The van der Waals surface area contributed by atoms with Crippen LogP contribution in [0.5, 0.6) is 0 Å². The summed E-state index contributed by atoms with van der Waals surface area (Å²) in [5.41, 5.74) is 5.99. The first kappa shape index (κ1) is 30.8. The average molecular weight is 633 g/mol. The lowest BCUT2D eigenvalue weighted by molar-refractivity contribution is -0.192. The molecule has 1 aromatic heterocycles. The predicted molar refractivity (Wildman–Crippen MR) is 140 cm³/mol. The van der Waals surface area contributed by atoms with E-state index in [0.717, 1.165) is 35.5 Å². The van der Waals surface area contributed by atoms with Crippen molar-refractivity contribution in [1.82, 2.24) is 20.1 Å². The van der Waals surface area contributed by atoms with Gasteiger partial charge >= 0.3 is 18.1 Å². The van der Waals surface area contributed by atoms with Crippen molar-refractivity contribution < 1.29 is 52.6 Å². The number of anilines is 1. The Morgan fingerprint density at radius 1 is 1.21 bits per heavy atom. The van der Waals surface area contributed by atoms with E-state index in [1.165, 1.54) is 17.1 Å². The lowest BCUT2D eigenvalue weighted by Crippen LogP contribution is -2.71. The molecule has 0 unspecified atom stereocenters. The zero-order valence-corrected chi connectivity index (χ0v) is 23.0. The van der Waals surface area contributed by atoms with Gasteiger partial charge in [-0.1, -0.05) is 5.16 Å². The van der Waals surface area contributed by atoms with Crippen LogP contribution in [0.2, 0.25) is 0 Å². The second kappa shape index (κ2) is 12.0. The summed E-state index contributed by atoms with van der Waals surface area (Å²) in [6, 6.07) is -0.732. The first-order chi connectivity index (χ1) is 19.7. The smallest absolute Gasteiger partial charge is 0.477 e. The Hall–Kier alpha value is -4.13. The van der Waals surface area contributed by atoms with Crippen molar-refractivity contribution in [3.05, 3.63) is 34.0 Å². The van der Waals surface area contributed by atoms with Gasteiger partial charge in [-0.3, -0.25) is 19.3 Å². The Kier molecular flexibility index (Phi) is 8.81. The molecule has 0 bridgehead atoms. The Morgan fingerprint density at radius 2 is 1.88 bits per heavy atom. The van der Waals surface area contributed by atoms with Crippen molar-refractivity contribution >= 4 is 63.6 Å². The third kappa shape index (κ3) is 6.35. The molecule has 5 rings (SSSR count). The Morgan fingerprint density at radius 3 is 2.40 bits per heavy atom. The highest BCUT2D eigenvalue weighted by Crippen LogP contribution is 2.41. The van der Waals surface area contributed by atoms with Crippen molar-refractivity contribution in [2.24, 2.45) is 5.16 Å². The maximum atomic E-state index is 12.9. The number of nitrogens with zero attached hydrogens (tertiary/aromatic N) is 4. The third-order valence-electron chi connectivity index (χ3n) is 6.53. The number of aromatic nitrogens is 1. The fourth-order valence-corrected chi connectivity index (χ4v) is 6.34. The van der Waals surface area contributed by atoms with Gasteiger partial charge in [-0.05, 0) is 37.3 Å². The number of nitrogens with two attached hydrogens (primary N) is 1. The van der Waals surface area contributed by atoms with Gasteiger partial charge in [0.2, 0.25) is 5.91 Å². The van der Waals surface area contributed by atoms with Crippen molar-refractivity contribution in [2.75, 3.05) is 18.0 Å². The molecule has 0 spiro atoms. The number of β-lactam (4-membered cyclic amide) rings is 1. The maximum Gasteiger partial charge on any atom is 0.490 e. The van der Waals surface area contributed by atoms with Gasteiger partial charge in [-0.25, -0.2) is 14.6 Å². The largest absolute Gasteiger partial charge is 0.490 e. The summed E-state index contributed by atoms with van der Waals surface area (Å²) in [5, 5.41) is 32.7. The van der Waals surface area contributed by atoms with E-state index in [0.29, 0.717) is 24.1 Å².